The molecule has 0 bridgehead atoms. The smallest absolute Gasteiger partial charge is 0.313 e. The number of carboxylic acids is 1. The highest BCUT2D eigenvalue weighted by Crippen LogP contribution is 2.43. The highest BCUT2D eigenvalue weighted by molar-refractivity contribution is 6.00. The van der Waals surface area contributed by atoms with E-state index in [4.69, 9.17) is 4.74 Å². The minimum Gasteiger partial charge on any atom is -0.504 e. The third-order valence-corrected chi connectivity index (χ3v) is 4.39. The molecule has 124 valence electrons. The maximum atomic E-state index is 12.6. The number of phenols is 1. The Morgan fingerprint density at radius 3 is 2.54 bits per heavy atom. The van der Waals surface area contributed by atoms with Crippen LogP contribution in [-0.4, -0.2) is 41.1 Å². The number of carbonyl (C=O) groups is 2. The molecule has 2 aromatic carbocycles. The molecule has 1 amide bonds. The summed E-state index contributed by atoms with van der Waals surface area (Å²) in [6.07, 6.45) is 0. The number of methoxy groups -OCH3 is 1. The van der Waals surface area contributed by atoms with Gasteiger partial charge in [0.2, 0.25) is 0 Å². The topological polar surface area (TPSA) is 87.1 Å². The van der Waals surface area contributed by atoms with Gasteiger partial charge in [0.1, 0.15) is 5.92 Å². The van der Waals surface area contributed by atoms with Crippen molar-refractivity contribution in [1.29, 1.82) is 0 Å². The number of rotatable bonds is 3. The first-order valence-corrected chi connectivity index (χ1v) is 7.41. The molecule has 0 unspecified atom stereocenters. The monoisotopic (exact) mass is 327 g/mol. The number of likely N-dealkylation sites (N-methyl/N-ethyl adjacent to an activating group) is 1. The number of fused-ring (bicyclic) bond motifs is 1. The lowest BCUT2D eigenvalue weighted by atomic mass is 9.80. The summed E-state index contributed by atoms with van der Waals surface area (Å²) in [7, 11) is 3.00. The second-order valence-corrected chi connectivity index (χ2v) is 5.70. The number of benzene rings is 2. The van der Waals surface area contributed by atoms with Crippen molar-refractivity contribution in [1.82, 2.24) is 4.90 Å². The van der Waals surface area contributed by atoms with Gasteiger partial charge in [0.25, 0.3) is 5.91 Å². The maximum absolute atomic E-state index is 12.6. The molecule has 0 radical (unpaired) electrons. The highest BCUT2D eigenvalue weighted by atomic mass is 16.5. The number of aliphatic carboxylic acids is 1. The van der Waals surface area contributed by atoms with E-state index in [9.17, 15) is 19.8 Å². The van der Waals surface area contributed by atoms with Gasteiger partial charge < -0.3 is 19.8 Å². The van der Waals surface area contributed by atoms with Crippen molar-refractivity contribution >= 4 is 11.9 Å². The van der Waals surface area contributed by atoms with E-state index in [-0.39, 0.29) is 17.4 Å². The predicted molar refractivity (Wildman–Crippen MR) is 86.3 cm³/mol. The number of amides is 1. The molecule has 1 heterocycles. The van der Waals surface area contributed by atoms with Crippen molar-refractivity contribution in [2.45, 2.75) is 12.0 Å². The molecule has 2 atom stereocenters. The number of phenolic OH excluding ortho intramolecular Hbond substituents is 1. The van der Waals surface area contributed by atoms with Crippen LogP contribution >= 0.6 is 0 Å². The quantitative estimate of drug-likeness (QED) is 0.904. The second kappa shape index (κ2) is 5.88. The molecule has 3 rings (SSSR count). The zero-order valence-electron chi connectivity index (χ0n) is 13.3. The highest BCUT2D eigenvalue weighted by Gasteiger charge is 2.42. The molecule has 2 N–H and O–H groups in total. The summed E-state index contributed by atoms with van der Waals surface area (Å²) in [5, 5.41) is 19.8. The van der Waals surface area contributed by atoms with Crippen molar-refractivity contribution in [2.75, 3.05) is 14.2 Å². The fourth-order valence-corrected chi connectivity index (χ4v) is 3.25. The zero-order valence-corrected chi connectivity index (χ0v) is 13.3. The van der Waals surface area contributed by atoms with Gasteiger partial charge in [-0.25, -0.2) is 0 Å². The summed E-state index contributed by atoms with van der Waals surface area (Å²) in [6, 6.07) is 10.7. The van der Waals surface area contributed by atoms with Crippen LogP contribution in [0.25, 0.3) is 0 Å². The van der Waals surface area contributed by atoms with Gasteiger partial charge in [-0.15, -0.1) is 0 Å². The van der Waals surface area contributed by atoms with Crippen LogP contribution in [0, 0.1) is 0 Å². The summed E-state index contributed by atoms with van der Waals surface area (Å²) in [5.41, 5.74) is 1.40. The van der Waals surface area contributed by atoms with Crippen molar-refractivity contribution < 1.29 is 24.5 Å². The molecule has 24 heavy (non-hydrogen) atoms. The Morgan fingerprint density at radius 2 is 1.92 bits per heavy atom. The van der Waals surface area contributed by atoms with Crippen LogP contribution in [0.4, 0.5) is 0 Å². The molecule has 0 aromatic heterocycles. The summed E-state index contributed by atoms with van der Waals surface area (Å²) in [6.45, 7) is 0. The Morgan fingerprint density at radius 1 is 1.21 bits per heavy atom. The maximum Gasteiger partial charge on any atom is 0.313 e. The molecule has 6 heteroatoms. The molecule has 1 aliphatic heterocycles. The van der Waals surface area contributed by atoms with Crippen molar-refractivity contribution in [3.63, 3.8) is 0 Å². The van der Waals surface area contributed by atoms with Crippen LogP contribution in [0.3, 0.4) is 0 Å². The van der Waals surface area contributed by atoms with Gasteiger partial charge in [-0.2, -0.15) is 0 Å². The van der Waals surface area contributed by atoms with Crippen LogP contribution < -0.4 is 4.74 Å². The SMILES string of the molecule is COc1ccc([C@@H]2[C@H](C(=O)O)c3ccccc3C(=O)N2C)cc1O. The molecule has 0 saturated heterocycles. The molecule has 0 fully saturated rings. The fraction of sp³-hybridized carbons (Fsp3) is 0.222. The third-order valence-electron chi connectivity index (χ3n) is 4.39. The van der Waals surface area contributed by atoms with E-state index in [1.807, 2.05) is 0 Å². The summed E-state index contributed by atoms with van der Waals surface area (Å²) in [4.78, 5) is 26.0. The molecule has 0 saturated carbocycles. The van der Waals surface area contributed by atoms with Gasteiger partial charge in [0, 0.05) is 12.6 Å². The summed E-state index contributed by atoms with van der Waals surface area (Å²) >= 11 is 0. The first-order chi connectivity index (χ1) is 11.5. The number of ether oxygens (including phenoxy) is 1. The van der Waals surface area contributed by atoms with E-state index in [2.05, 4.69) is 0 Å². The van der Waals surface area contributed by atoms with E-state index in [1.165, 1.54) is 18.1 Å². The van der Waals surface area contributed by atoms with Crippen LogP contribution in [-0.2, 0) is 4.79 Å². The van der Waals surface area contributed by atoms with Gasteiger partial charge in [-0.1, -0.05) is 24.3 Å². The standard InChI is InChI=1S/C18H17NO5/c1-19-16(10-7-8-14(24-2)13(20)9-10)15(18(22)23)11-5-3-4-6-12(11)17(19)21/h3-9,15-16,20H,1-2H3,(H,22,23)/t15-,16-/m1/s1. The average molecular weight is 327 g/mol. The number of nitrogens with zero attached hydrogens (tertiary/aromatic N) is 1. The normalized spacial score (nSPS) is 19.8. The Bertz CT molecular complexity index is 817. The molecule has 2 aromatic rings. The lowest BCUT2D eigenvalue weighted by molar-refractivity contribution is -0.140. The zero-order chi connectivity index (χ0) is 17.4. The number of hydrogen-bond donors (Lipinski definition) is 2. The number of aromatic hydroxyl groups is 1. The second-order valence-electron chi connectivity index (χ2n) is 5.70. The van der Waals surface area contributed by atoms with Crippen molar-refractivity contribution in [3.8, 4) is 11.5 Å². The minimum atomic E-state index is -1.03. The van der Waals surface area contributed by atoms with Crippen LogP contribution in [0.15, 0.2) is 42.5 Å². The fourth-order valence-electron chi connectivity index (χ4n) is 3.25. The predicted octanol–water partition coefficient (Wildman–Crippen LogP) is 2.40. The summed E-state index contributed by atoms with van der Waals surface area (Å²) < 4.78 is 5.02. The van der Waals surface area contributed by atoms with Gasteiger partial charge in [0.05, 0.1) is 13.2 Å². The first kappa shape index (κ1) is 15.9. The van der Waals surface area contributed by atoms with E-state index in [0.29, 0.717) is 16.7 Å². The number of carboxylic acid groups (broad SMARTS) is 1. The molecule has 0 aliphatic carbocycles. The average Bonchev–Trinajstić information content (AvgIpc) is 2.57. The van der Waals surface area contributed by atoms with Gasteiger partial charge >= 0.3 is 5.97 Å². The van der Waals surface area contributed by atoms with Gasteiger partial charge in [-0.05, 0) is 29.3 Å². The van der Waals surface area contributed by atoms with E-state index in [1.54, 1.807) is 43.4 Å². The number of carbonyl (C=O) groups excluding carboxylic acids is 1. The molecule has 1 aliphatic rings. The van der Waals surface area contributed by atoms with E-state index >= 15 is 0 Å². The Kier molecular flexibility index (Phi) is 3.89. The van der Waals surface area contributed by atoms with Crippen molar-refractivity contribution in [3.05, 3.63) is 59.2 Å². The molecular weight excluding hydrogens is 310 g/mol. The first-order valence-electron chi connectivity index (χ1n) is 7.41. The Hall–Kier alpha value is -3.02. The largest absolute Gasteiger partial charge is 0.504 e. The molecule has 0 spiro atoms. The molecule has 6 nitrogen and oxygen atoms in total. The lowest BCUT2D eigenvalue weighted by Gasteiger charge is -2.38. The third kappa shape index (κ3) is 2.36. The molecular formula is C18H17NO5. The van der Waals surface area contributed by atoms with E-state index < -0.39 is 17.9 Å². The lowest BCUT2D eigenvalue weighted by Crippen LogP contribution is -2.42. The van der Waals surface area contributed by atoms with Crippen LogP contribution in [0.1, 0.15) is 33.4 Å². The van der Waals surface area contributed by atoms with Crippen LogP contribution in [0.5, 0.6) is 11.5 Å². The van der Waals surface area contributed by atoms with E-state index in [0.717, 1.165) is 0 Å². The van der Waals surface area contributed by atoms with Crippen LogP contribution in [0.2, 0.25) is 0 Å². The van der Waals surface area contributed by atoms with Crippen molar-refractivity contribution in [2.24, 2.45) is 0 Å². The minimum absolute atomic E-state index is 0.0983. The summed E-state index contributed by atoms with van der Waals surface area (Å²) in [5.74, 6) is -2.00. The Labute approximate surface area is 138 Å². The van der Waals surface area contributed by atoms with Gasteiger partial charge in [0.15, 0.2) is 11.5 Å². The van der Waals surface area contributed by atoms with Gasteiger partial charge in [-0.3, -0.25) is 9.59 Å². The number of hydrogen-bond acceptors (Lipinski definition) is 4. The Balaban J connectivity index is 2.17.